The van der Waals surface area contributed by atoms with Crippen molar-refractivity contribution in [1.82, 2.24) is 4.90 Å². The van der Waals surface area contributed by atoms with Crippen molar-refractivity contribution >= 4 is 23.0 Å². The van der Waals surface area contributed by atoms with Gasteiger partial charge in [-0.3, -0.25) is 9.89 Å². The lowest BCUT2D eigenvalue weighted by atomic mass is 10.1. The van der Waals surface area contributed by atoms with Gasteiger partial charge in [0.15, 0.2) is 5.96 Å². The zero-order valence-corrected chi connectivity index (χ0v) is 16.7. The molecular weight excluding hydrogens is 405 g/mol. The van der Waals surface area contributed by atoms with E-state index in [0.717, 1.165) is 13.1 Å². The van der Waals surface area contributed by atoms with Gasteiger partial charge < -0.3 is 20.5 Å². The number of nitrogens with two attached hydrogens (primary N) is 1. The normalized spacial score (nSPS) is 19.7. The van der Waals surface area contributed by atoms with Gasteiger partial charge in [0.1, 0.15) is 5.75 Å². The van der Waals surface area contributed by atoms with Crippen LogP contribution in [-0.2, 0) is 4.74 Å². The van der Waals surface area contributed by atoms with Gasteiger partial charge in [-0.15, -0.1) is 24.5 Å². The predicted molar refractivity (Wildman–Crippen MR) is 107 cm³/mol. The molecule has 1 saturated heterocycles. The largest absolute Gasteiger partial charge is 0.573 e. The first-order valence-corrected chi connectivity index (χ1v) is 10.00. The molecular formula is C19H23F3N4O2S. The molecule has 29 heavy (non-hydrogen) atoms. The molecule has 6 nitrogen and oxygen atoms in total. The summed E-state index contributed by atoms with van der Waals surface area (Å²) >= 11 is 1.67. The fourth-order valence-electron chi connectivity index (χ4n) is 3.11. The number of rotatable bonds is 6. The number of halogens is 3. The van der Waals surface area contributed by atoms with Gasteiger partial charge in [-0.05, 0) is 42.6 Å². The van der Waals surface area contributed by atoms with Gasteiger partial charge in [0, 0.05) is 23.7 Å². The van der Waals surface area contributed by atoms with E-state index in [1.54, 1.807) is 11.3 Å². The Kier molecular flexibility index (Phi) is 6.99. The number of thiophene rings is 1. The van der Waals surface area contributed by atoms with Crippen LogP contribution in [-0.4, -0.2) is 49.6 Å². The monoisotopic (exact) mass is 428 g/mol. The van der Waals surface area contributed by atoms with Crippen molar-refractivity contribution in [2.75, 3.05) is 31.6 Å². The summed E-state index contributed by atoms with van der Waals surface area (Å²) in [6, 6.07) is 9.50. The van der Waals surface area contributed by atoms with Gasteiger partial charge in [0.25, 0.3) is 0 Å². The summed E-state index contributed by atoms with van der Waals surface area (Å²) in [6.45, 7) is 4.81. The Balaban J connectivity index is 1.63. The molecule has 2 heterocycles. The minimum Gasteiger partial charge on any atom is -0.406 e. The van der Waals surface area contributed by atoms with E-state index in [0.29, 0.717) is 18.8 Å². The van der Waals surface area contributed by atoms with Crippen LogP contribution in [0.3, 0.4) is 0 Å². The number of hydrogen-bond donors (Lipinski definition) is 2. The van der Waals surface area contributed by atoms with E-state index in [1.807, 2.05) is 18.4 Å². The molecule has 1 aromatic heterocycles. The molecule has 158 valence electrons. The van der Waals surface area contributed by atoms with Gasteiger partial charge in [0.2, 0.25) is 0 Å². The molecule has 1 aliphatic rings. The average Bonchev–Trinajstić information content (AvgIpc) is 3.17. The fourth-order valence-corrected chi connectivity index (χ4v) is 3.96. The minimum absolute atomic E-state index is 0.0873. The molecule has 3 rings (SSSR count). The summed E-state index contributed by atoms with van der Waals surface area (Å²) in [7, 11) is 0. The van der Waals surface area contributed by atoms with Gasteiger partial charge >= 0.3 is 6.36 Å². The summed E-state index contributed by atoms with van der Waals surface area (Å²) in [4.78, 5) is 7.99. The van der Waals surface area contributed by atoms with Crippen molar-refractivity contribution in [3.63, 3.8) is 0 Å². The number of ether oxygens (including phenoxy) is 2. The first-order valence-electron chi connectivity index (χ1n) is 9.12. The fraction of sp³-hybridized carbons (Fsp3) is 0.421. The maximum Gasteiger partial charge on any atom is 0.573 e. The lowest BCUT2D eigenvalue weighted by Gasteiger charge is -2.36. The van der Waals surface area contributed by atoms with Crippen LogP contribution >= 0.6 is 11.3 Å². The molecule has 3 N–H and O–H groups in total. The van der Waals surface area contributed by atoms with Gasteiger partial charge in [-0.2, -0.15) is 0 Å². The van der Waals surface area contributed by atoms with Crippen LogP contribution in [0.5, 0.6) is 5.75 Å². The van der Waals surface area contributed by atoms with Crippen molar-refractivity contribution < 1.29 is 22.6 Å². The predicted octanol–water partition coefficient (Wildman–Crippen LogP) is 3.84. The number of alkyl halides is 3. The second-order valence-corrected chi connectivity index (χ2v) is 7.61. The molecule has 0 bridgehead atoms. The van der Waals surface area contributed by atoms with Gasteiger partial charge in [-0.25, -0.2) is 0 Å². The van der Waals surface area contributed by atoms with E-state index >= 15 is 0 Å². The van der Waals surface area contributed by atoms with E-state index < -0.39 is 6.36 Å². The van der Waals surface area contributed by atoms with E-state index in [9.17, 15) is 13.2 Å². The van der Waals surface area contributed by atoms with Crippen molar-refractivity contribution in [1.29, 1.82) is 0 Å². The van der Waals surface area contributed by atoms with E-state index in [-0.39, 0.29) is 23.9 Å². The van der Waals surface area contributed by atoms with Crippen LogP contribution in [0.25, 0.3) is 0 Å². The minimum atomic E-state index is -4.72. The lowest BCUT2D eigenvalue weighted by Crippen LogP contribution is -2.44. The molecule has 1 aromatic carbocycles. The van der Waals surface area contributed by atoms with Crippen LogP contribution in [0.2, 0.25) is 0 Å². The van der Waals surface area contributed by atoms with Gasteiger partial charge in [0.05, 0.1) is 25.3 Å². The van der Waals surface area contributed by atoms with Crippen molar-refractivity contribution in [2.24, 2.45) is 10.7 Å². The Labute approximate surface area is 171 Å². The summed E-state index contributed by atoms with van der Waals surface area (Å²) in [5, 5.41) is 4.93. The first-order chi connectivity index (χ1) is 13.8. The number of hydrogen-bond acceptors (Lipinski definition) is 5. The number of nitrogens with one attached hydrogen (secondary N) is 1. The molecule has 0 amide bonds. The zero-order valence-electron chi connectivity index (χ0n) is 15.9. The third-order valence-corrected chi connectivity index (χ3v) is 5.35. The highest BCUT2D eigenvalue weighted by Gasteiger charge is 2.31. The molecule has 2 aromatic rings. The molecule has 2 atom stereocenters. The maximum absolute atomic E-state index is 12.2. The molecule has 0 saturated carbocycles. The zero-order chi connectivity index (χ0) is 20.9. The maximum atomic E-state index is 12.2. The van der Waals surface area contributed by atoms with E-state index in [2.05, 4.69) is 26.0 Å². The Morgan fingerprint density at radius 1 is 1.38 bits per heavy atom. The number of nitrogens with zero attached hydrogens (tertiary/aromatic N) is 2. The molecule has 1 aliphatic heterocycles. The molecule has 1 fully saturated rings. The standard InChI is InChI=1S/C19H23F3N4O2S/c1-13-12-26(8-9-27-13)16(17-3-2-10-29-17)11-24-18(23)25-14-4-6-15(7-5-14)28-19(20,21)22/h2-7,10,13,16H,8-9,11-12H2,1H3,(H3,23,24,25). The highest BCUT2D eigenvalue weighted by Crippen LogP contribution is 2.27. The summed E-state index contributed by atoms with van der Waals surface area (Å²) < 4.78 is 46.2. The van der Waals surface area contributed by atoms with Crippen molar-refractivity contribution in [3.8, 4) is 5.75 Å². The molecule has 0 spiro atoms. The quantitative estimate of drug-likeness (QED) is 0.540. The first kappa shape index (κ1) is 21.4. The summed E-state index contributed by atoms with van der Waals surface area (Å²) in [5.74, 6) is -0.102. The number of guanidine groups is 1. The van der Waals surface area contributed by atoms with Crippen LogP contribution in [0.1, 0.15) is 17.8 Å². The van der Waals surface area contributed by atoms with Crippen LogP contribution in [0, 0.1) is 0 Å². The van der Waals surface area contributed by atoms with Crippen molar-refractivity contribution in [3.05, 3.63) is 46.7 Å². The topological polar surface area (TPSA) is 72.1 Å². The van der Waals surface area contributed by atoms with Gasteiger partial charge in [-0.1, -0.05) is 6.07 Å². The Morgan fingerprint density at radius 3 is 2.76 bits per heavy atom. The SMILES string of the molecule is CC1CN(C(CN=C(N)Nc2ccc(OC(F)(F)F)cc2)c2cccs2)CCO1. The second-order valence-electron chi connectivity index (χ2n) is 6.63. The van der Waals surface area contributed by atoms with E-state index in [1.165, 1.54) is 29.1 Å². The smallest absolute Gasteiger partial charge is 0.406 e. The number of anilines is 1. The van der Waals surface area contributed by atoms with Crippen LogP contribution < -0.4 is 15.8 Å². The number of morpholine rings is 1. The highest BCUT2D eigenvalue weighted by atomic mass is 32.1. The molecule has 2 unspecified atom stereocenters. The van der Waals surface area contributed by atoms with Crippen LogP contribution in [0.15, 0.2) is 46.8 Å². The Morgan fingerprint density at radius 2 is 2.14 bits per heavy atom. The lowest BCUT2D eigenvalue weighted by molar-refractivity contribution is -0.274. The average molecular weight is 428 g/mol. The molecule has 10 heteroatoms. The summed E-state index contributed by atoms with van der Waals surface area (Å²) in [6.07, 6.45) is -4.56. The Bertz CT molecular complexity index is 797. The molecule has 0 radical (unpaired) electrons. The third-order valence-electron chi connectivity index (χ3n) is 4.38. The summed E-state index contributed by atoms with van der Waals surface area (Å²) in [5.41, 5.74) is 6.51. The van der Waals surface area contributed by atoms with Crippen LogP contribution in [0.4, 0.5) is 18.9 Å². The third kappa shape index (κ3) is 6.62. The Hall–Kier alpha value is -2.30. The highest BCUT2D eigenvalue weighted by molar-refractivity contribution is 7.10. The number of benzene rings is 1. The van der Waals surface area contributed by atoms with E-state index in [4.69, 9.17) is 10.5 Å². The van der Waals surface area contributed by atoms with Crippen molar-refractivity contribution in [2.45, 2.75) is 25.4 Å². The molecule has 0 aliphatic carbocycles. The number of aliphatic imine (C=N–C) groups is 1. The second kappa shape index (κ2) is 9.47.